The number of aliphatic hydroxyl groups excluding tert-OH is 3. The van der Waals surface area contributed by atoms with Crippen LogP contribution in [0.4, 0.5) is 0 Å². The lowest BCUT2D eigenvalue weighted by Crippen LogP contribution is -2.59. The van der Waals surface area contributed by atoms with Crippen molar-refractivity contribution in [2.75, 3.05) is 13.7 Å². The van der Waals surface area contributed by atoms with E-state index in [1.54, 1.807) is 18.2 Å². The van der Waals surface area contributed by atoms with Gasteiger partial charge in [0.25, 0.3) is 0 Å². The zero-order valence-electron chi connectivity index (χ0n) is 14.6. The van der Waals surface area contributed by atoms with E-state index in [0.29, 0.717) is 11.2 Å². The molecule has 3 rings (SSSR count). The van der Waals surface area contributed by atoms with Gasteiger partial charge in [-0.15, -0.1) is 0 Å². The fourth-order valence-corrected chi connectivity index (χ4v) is 3.00. The lowest BCUT2D eigenvalue weighted by molar-refractivity contribution is -0.303. The van der Waals surface area contributed by atoms with E-state index in [1.807, 2.05) is 0 Å². The Morgan fingerprint density at radius 2 is 1.96 bits per heavy atom. The van der Waals surface area contributed by atoms with Crippen molar-refractivity contribution in [3.63, 3.8) is 0 Å². The van der Waals surface area contributed by atoms with E-state index in [0.717, 1.165) is 5.39 Å². The number of hydrogen-bond donors (Lipinski definition) is 4. The number of aliphatic hydroxyl groups is 3. The lowest BCUT2D eigenvalue weighted by Gasteiger charge is -2.41. The second-order valence-corrected chi connectivity index (χ2v) is 6.23. The average molecular weight is 379 g/mol. The van der Waals surface area contributed by atoms with E-state index in [2.05, 4.69) is 4.98 Å². The van der Waals surface area contributed by atoms with Crippen molar-refractivity contribution in [1.29, 1.82) is 0 Å². The summed E-state index contributed by atoms with van der Waals surface area (Å²) in [7, 11) is 1.34. The number of nitrogens with zero attached hydrogens (tertiary/aromatic N) is 1. The molecule has 0 amide bonds. The molecule has 27 heavy (non-hydrogen) atoms. The van der Waals surface area contributed by atoms with Gasteiger partial charge in [0.1, 0.15) is 24.4 Å². The number of carboxylic acids is 1. The summed E-state index contributed by atoms with van der Waals surface area (Å²) in [5.41, 5.74) is 1.11. The lowest BCUT2D eigenvalue weighted by atomic mass is 9.99. The van der Waals surface area contributed by atoms with Crippen molar-refractivity contribution in [3.05, 3.63) is 41.6 Å². The Balaban J connectivity index is 1.77. The summed E-state index contributed by atoms with van der Waals surface area (Å²) in [6.45, 7) is -0.500. The maximum atomic E-state index is 11.1. The number of fused-ring (bicyclic) bond motifs is 1. The number of ether oxygens (including phenoxy) is 3. The summed E-state index contributed by atoms with van der Waals surface area (Å²) in [6, 6.07) is 8.10. The number of hydrogen-bond acceptors (Lipinski definition) is 8. The Morgan fingerprint density at radius 1 is 1.22 bits per heavy atom. The third kappa shape index (κ3) is 4.08. The summed E-state index contributed by atoms with van der Waals surface area (Å²) in [6.07, 6.45) is -5.56. The molecule has 0 saturated carbocycles. The first-order chi connectivity index (χ1) is 12.9. The van der Waals surface area contributed by atoms with E-state index >= 15 is 0 Å². The van der Waals surface area contributed by atoms with E-state index in [-0.39, 0.29) is 12.2 Å². The summed E-state index contributed by atoms with van der Waals surface area (Å²) in [5, 5.41) is 39.7. The molecule has 4 N–H and O–H groups in total. The van der Waals surface area contributed by atoms with Crippen LogP contribution < -0.4 is 0 Å². The van der Waals surface area contributed by atoms with Crippen LogP contribution in [-0.4, -0.2) is 75.8 Å². The first-order valence-electron chi connectivity index (χ1n) is 8.34. The fraction of sp³-hybridized carbons (Fsp3) is 0.444. The molecule has 2 aromatic rings. The minimum atomic E-state index is -1.26. The van der Waals surface area contributed by atoms with Gasteiger partial charge in [-0.25, -0.2) is 4.79 Å². The highest BCUT2D eigenvalue weighted by Crippen LogP contribution is 2.25. The van der Waals surface area contributed by atoms with Gasteiger partial charge >= 0.3 is 5.97 Å². The van der Waals surface area contributed by atoms with Crippen LogP contribution in [0.3, 0.4) is 0 Å². The number of aromatic nitrogens is 1. The number of benzene rings is 1. The van der Waals surface area contributed by atoms with Crippen LogP contribution in [0, 0.1) is 0 Å². The van der Waals surface area contributed by atoms with Crippen LogP contribution in [0.2, 0.25) is 0 Å². The summed E-state index contributed by atoms with van der Waals surface area (Å²) in [5.74, 6) is -1.05. The molecule has 1 fully saturated rings. The molecular formula is C18H21NO8. The molecule has 2 heterocycles. The summed E-state index contributed by atoms with van der Waals surface area (Å²) >= 11 is 0. The molecule has 9 nitrogen and oxygen atoms in total. The number of rotatable bonds is 6. The smallest absolute Gasteiger partial charge is 0.335 e. The second-order valence-electron chi connectivity index (χ2n) is 6.23. The van der Waals surface area contributed by atoms with Crippen LogP contribution in [0.1, 0.15) is 16.1 Å². The number of carbonyl (C=O) groups is 1. The number of pyridine rings is 1. The van der Waals surface area contributed by atoms with E-state index < -0.39 is 43.3 Å². The molecule has 1 saturated heterocycles. The molecule has 0 aliphatic carbocycles. The highest BCUT2D eigenvalue weighted by molar-refractivity contribution is 5.93. The molecule has 1 aliphatic heterocycles. The highest BCUT2D eigenvalue weighted by atomic mass is 16.7. The molecule has 146 valence electrons. The Labute approximate surface area is 154 Å². The van der Waals surface area contributed by atoms with Gasteiger partial charge in [-0.1, -0.05) is 12.1 Å². The molecule has 1 aliphatic rings. The Hall–Kier alpha value is -2.14. The van der Waals surface area contributed by atoms with Crippen LogP contribution >= 0.6 is 0 Å². The van der Waals surface area contributed by atoms with Gasteiger partial charge in [0.2, 0.25) is 0 Å². The Kier molecular flexibility index (Phi) is 6.00. The van der Waals surface area contributed by atoms with Gasteiger partial charge in [-0.3, -0.25) is 4.98 Å². The molecule has 1 aromatic heterocycles. The molecule has 1 aromatic carbocycles. The van der Waals surface area contributed by atoms with Crippen molar-refractivity contribution in [3.8, 4) is 0 Å². The van der Waals surface area contributed by atoms with Gasteiger partial charge in [0.05, 0.1) is 30.0 Å². The second kappa shape index (κ2) is 8.26. The van der Waals surface area contributed by atoms with Crippen molar-refractivity contribution in [1.82, 2.24) is 4.98 Å². The van der Waals surface area contributed by atoms with Gasteiger partial charge in [-0.2, -0.15) is 0 Å². The molecule has 0 spiro atoms. The number of methoxy groups -OCH3 is 1. The van der Waals surface area contributed by atoms with Crippen LogP contribution in [0.25, 0.3) is 10.9 Å². The molecule has 0 bridgehead atoms. The Bertz CT molecular complexity index is 797. The van der Waals surface area contributed by atoms with E-state index in [4.69, 9.17) is 19.3 Å². The molecule has 9 heteroatoms. The zero-order valence-corrected chi connectivity index (χ0v) is 14.6. The third-order valence-electron chi connectivity index (χ3n) is 4.47. The topological polar surface area (TPSA) is 139 Å². The van der Waals surface area contributed by atoms with E-state index in [1.165, 1.54) is 19.2 Å². The van der Waals surface area contributed by atoms with Crippen molar-refractivity contribution in [2.24, 2.45) is 0 Å². The molecular weight excluding hydrogens is 358 g/mol. The van der Waals surface area contributed by atoms with Gasteiger partial charge < -0.3 is 34.6 Å². The van der Waals surface area contributed by atoms with Crippen LogP contribution in [-0.2, 0) is 20.8 Å². The number of aromatic carboxylic acids is 1. The standard InChI is InChI=1S/C18H21NO8/c1-25-18-15(22)16(14(21)13(7-20)27-18)26-8-11-5-4-9-2-3-10(17(23)24)6-12(9)19-11/h2-6,13-16,18,20-22H,7-8H2,1H3,(H,23,24). The predicted octanol–water partition coefficient (Wildman–Crippen LogP) is -0.0964. The Morgan fingerprint density at radius 3 is 2.63 bits per heavy atom. The predicted molar refractivity (Wildman–Crippen MR) is 92.0 cm³/mol. The average Bonchev–Trinajstić information content (AvgIpc) is 2.67. The first kappa shape index (κ1) is 19.6. The molecule has 5 atom stereocenters. The first-order valence-corrected chi connectivity index (χ1v) is 8.34. The monoisotopic (exact) mass is 379 g/mol. The normalized spacial score (nSPS) is 28.4. The fourth-order valence-electron chi connectivity index (χ4n) is 3.00. The van der Waals surface area contributed by atoms with Crippen molar-refractivity contribution >= 4 is 16.9 Å². The summed E-state index contributed by atoms with van der Waals surface area (Å²) in [4.78, 5) is 15.5. The number of carboxylic acid groups (broad SMARTS) is 1. The third-order valence-corrected chi connectivity index (χ3v) is 4.47. The molecule has 5 unspecified atom stereocenters. The quantitative estimate of drug-likeness (QED) is 0.542. The maximum Gasteiger partial charge on any atom is 0.335 e. The summed E-state index contributed by atoms with van der Waals surface area (Å²) < 4.78 is 15.9. The van der Waals surface area contributed by atoms with Crippen LogP contribution in [0.15, 0.2) is 30.3 Å². The molecule has 0 radical (unpaired) electrons. The largest absolute Gasteiger partial charge is 0.478 e. The minimum absolute atomic E-state index is 0.0411. The van der Waals surface area contributed by atoms with E-state index in [9.17, 15) is 20.1 Å². The van der Waals surface area contributed by atoms with Crippen molar-refractivity contribution < 1.29 is 39.4 Å². The maximum absolute atomic E-state index is 11.1. The van der Waals surface area contributed by atoms with Gasteiger partial charge in [0.15, 0.2) is 6.29 Å². The zero-order chi connectivity index (χ0) is 19.6. The SMILES string of the molecule is COC1OC(CO)C(O)C(OCc2ccc3ccc(C(=O)O)cc3n2)C1O. The van der Waals surface area contributed by atoms with Crippen LogP contribution in [0.5, 0.6) is 0 Å². The highest BCUT2D eigenvalue weighted by Gasteiger charge is 2.45. The minimum Gasteiger partial charge on any atom is -0.478 e. The van der Waals surface area contributed by atoms with Crippen molar-refractivity contribution in [2.45, 2.75) is 37.3 Å². The van der Waals surface area contributed by atoms with Gasteiger partial charge in [-0.05, 0) is 18.2 Å². The van der Waals surface area contributed by atoms with Gasteiger partial charge in [0, 0.05) is 12.5 Å².